The van der Waals surface area contributed by atoms with Crippen molar-refractivity contribution in [1.29, 1.82) is 5.26 Å². The van der Waals surface area contributed by atoms with Gasteiger partial charge in [-0.25, -0.2) is 0 Å². The molecule has 0 saturated heterocycles. The lowest BCUT2D eigenvalue weighted by atomic mass is 10.2. The van der Waals surface area contributed by atoms with Crippen molar-refractivity contribution in [3.05, 3.63) is 0 Å². The molecule has 0 aromatic rings. The first-order valence-electron chi connectivity index (χ1n) is 4.87. The molecular weight excluding hydrogens is 221 g/mol. The lowest BCUT2D eigenvalue weighted by Crippen LogP contribution is -2.17. The summed E-state index contributed by atoms with van der Waals surface area (Å²) in [6.07, 6.45) is 4.90. The topological polar surface area (TPSA) is 23.8 Å². The van der Waals surface area contributed by atoms with Gasteiger partial charge in [-0.3, -0.25) is 0 Å². The minimum Gasteiger partial charge on any atom is -0.198 e. The molecule has 0 aliphatic heterocycles. The predicted molar refractivity (Wildman–Crippen MR) is 61.4 cm³/mol. The van der Waals surface area contributed by atoms with Crippen LogP contribution in [-0.4, -0.2) is 6.69 Å². The van der Waals surface area contributed by atoms with Crippen LogP contribution in [0.1, 0.15) is 39.0 Å². The van der Waals surface area contributed by atoms with Gasteiger partial charge in [0, 0.05) is 6.42 Å². The molecule has 0 amide bonds. The van der Waals surface area contributed by atoms with E-state index < -0.39 is 6.69 Å². The monoisotopic (exact) mass is 237 g/mol. The fourth-order valence-corrected chi connectivity index (χ4v) is 4.94. The van der Waals surface area contributed by atoms with Crippen molar-refractivity contribution in [2.75, 3.05) is 0 Å². The Morgan fingerprint density at radius 3 is 2.38 bits per heavy atom. The van der Waals surface area contributed by atoms with Gasteiger partial charge in [0.2, 0.25) is 0 Å². The molecule has 0 fully saturated rings. The van der Waals surface area contributed by atoms with Crippen molar-refractivity contribution in [2.24, 2.45) is 0 Å². The Kier molecular flexibility index (Phi) is 7.84. The molecule has 0 aromatic carbocycles. The number of hydrogen-bond donors (Lipinski definition) is 0. The van der Waals surface area contributed by atoms with Crippen LogP contribution >= 0.6 is 22.2 Å². The third kappa shape index (κ3) is 8.61. The van der Waals surface area contributed by atoms with Crippen LogP contribution in [0.4, 0.5) is 0 Å². The molecule has 1 nitrogen and oxygen atoms in total. The smallest absolute Gasteiger partial charge is 0.198 e. The van der Waals surface area contributed by atoms with Crippen LogP contribution in [0.25, 0.3) is 0 Å². The molecule has 0 bridgehead atoms. The highest BCUT2D eigenvalue weighted by atomic mass is 35.7. The van der Waals surface area contributed by atoms with Crippen LogP contribution in [0.3, 0.4) is 0 Å². The number of nitrogens with zero attached hydrogens (tertiary/aromatic N) is 1. The zero-order valence-electron chi connectivity index (χ0n) is 8.15. The zero-order valence-corrected chi connectivity index (χ0v) is 10.7. The van der Waals surface area contributed by atoms with Gasteiger partial charge in [0.15, 0.2) is 0 Å². The zero-order chi connectivity index (χ0) is 10.2. The Balaban J connectivity index is 3.36. The Labute approximate surface area is 91.4 Å². The molecule has 0 unspecified atom stereocenters. The first kappa shape index (κ1) is 13.3. The van der Waals surface area contributed by atoms with Crippen molar-refractivity contribution in [3.63, 3.8) is 0 Å². The lowest BCUT2D eigenvalue weighted by molar-refractivity contribution is 0.728. The Morgan fingerprint density at radius 2 is 1.85 bits per heavy atom. The maximum Gasteiger partial charge on any atom is 0.251 e. The third-order valence-corrected chi connectivity index (χ3v) is 6.53. The van der Waals surface area contributed by atoms with Gasteiger partial charge in [0.1, 0.15) is 0 Å². The van der Waals surface area contributed by atoms with E-state index in [1.54, 1.807) is 0 Å². The largest absolute Gasteiger partial charge is 0.251 e. The molecule has 0 aliphatic carbocycles. The van der Waals surface area contributed by atoms with Crippen LogP contribution in [0.15, 0.2) is 0 Å². The molecule has 0 saturated carbocycles. The molecule has 0 atom stereocenters. The van der Waals surface area contributed by atoms with Crippen molar-refractivity contribution in [3.8, 4) is 6.07 Å². The second-order valence-corrected chi connectivity index (χ2v) is 11.0. The van der Waals surface area contributed by atoms with Crippen LogP contribution in [0.2, 0.25) is 12.1 Å². The lowest BCUT2D eigenvalue weighted by Gasteiger charge is -2.14. The van der Waals surface area contributed by atoms with Crippen LogP contribution < -0.4 is 0 Å². The number of halogens is 2. The second kappa shape index (κ2) is 7.67. The van der Waals surface area contributed by atoms with E-state index in [1.165, 1.54) is 0 Å². The van der Waals surface area contributed by atoms with Gasteiger partial charge in [-0.2, -0.15) is 5.26 Å². The summed E-state index contributed by atoms with van der Waals surface area (Å²) in [7, 11) is 0. The highest BCUT2D eigenvalue weighted by Crippen LogP contribution is 2.29. The molecule has 0 N–H and O–H groups in total. The number of nitriles is 1. The van der Waals surface area contributed by atoms with Crippen molar-refractivity contribution in [2.45, 2.75) is 51.1 Å². The fraction of sp³-hybridized carbons (Fsp3) is 0.889. The maximum absolute atomic E-state index is 8.32. The number of unbranched alkanes of at least 4 members (excludes halogenated alkanes) is 3. The fourth-order valence-electron chi connectivity index (χ4n) is 1.26. The molecule has 0 rings (SSSR count). The quantitative estimate of drug-likeness (QED) is 0.366. The number of rotatable bonds is 7. The highest BCUT2D eigenvalue weighted by molar-refractivity contribution is 7.45. The summed E-state index contributed by atoms with van der Waals surface area (Å²) in [5, 5.41) is 8.32. The Hall–Kier alpha value is 0.287. The van der Waals surface area contributed by atoms with Crippen molar-refractivity contribution < 1.29 is 0 Å². The normalized spacial score (nSPS) is 11.2. The third-order valence-electron chi connectivity index (χ3n) is 1.95. The second-order valence-electron chi connectivity index (χ2n) is 3.32. The molecule has 0 aliphatic rings. The van der Waals surface area contributed by atoms with Crippen LogP contribution in [0, 0.1) is 11.3 Å². The van der Waals surface area contributed by atoms with E-state index in [4.69, 9.17) is 27.4 Å². The van der Waals surface area contributed by atoms with E-state index in [-0.39, 0.29) is 0 Å². The molecule has 4 heteroatoms. The highest BCUT2D eigenvalue weighted by Gasteiger charge is 2.25. The van der Waals surface area contributed by atoms with E-state index in [9.17, 15) is 0 Å². The Bertz CT molecular complexity index is 165. The summed E-state index contributed by atoms with van der Waals surface area (Å²) < 4.78 is 0. The number of hydrogen-bond acceptors (Lipinski definition) is 1. The summed E-state index contributed by atoms with van der Waals surface area (Å²) in [5.74, 6) is 0. The SMILES string of the molecule is CCC[Si](Cl)(Cl)CCCCCC#N. The van der Waals surface area contributed by atoms with Gasteiger partial charge in [-0.15, -0.1) is 22.2 Å². The van der Waals surface area contributed by atoms with Gasteiger partial charge in [0.05, 0.1) is 6.07 Å². The minimum atomic E-state index is -1.90. The summed E-state index contributed by atoms with van der Waals surface area (Å²) in [4.78, 5) is 0. The minimum absolute atomic E-state index is 0.660. The van der Waals surface area contributed by atoms with E-state index in [2.05, 4.69) is 13.0 Å². The summed E-state index contributed by atoms with van der Waals surface area (Å²) in [5.41, 5.74) is 0. The molecule has 0 aromatic heterocycles. The molecule has 76 valence electrons. The first-order chi connectivity index (χ1) is 6.12. The van der Waals surface area contributed by atoms with E-state index in [0.29, 0.717) is 6.42 Å². The average Bonchev–Trinajstić information content (AvgIpc) is 2.04. The van der Waals surface area contributed by atoms with Gasteiger partial charge in [-0.1, -0.05) is 26.2 Å². The van der Waals surface area contributed by atoms with Crippen molar-refractivity contribution >= 4 is 28.9 Å². The van der Waals surface area contributed by atoms with Crippen LogP contribution in [-0.2, 0) is 0 Å². The summed E-state index contributed by atoms with van der Waals surface area (Å²) in [6, 6.07) is 4.11. The van der Waals surface area contributed by atoms with Crippen LogP contribution in [0.5, 0.6) is 0 Å². The van der Waals surface area contributed by atoms with Gasteiger partial charge in [0.25, 0.3) is 6.69 Å². The predicted octanol–water partition coefficient (Wildman–Crippen LogP) is 4.40. The van der Waals surface area contributed by atoms with E-state index in [1.807, 2.05) is 0 Å². The van der Waals surface area contributed by atoms with Gasteiger partial charge < -0.3 is 0 Å². The summed E-state index contributed by atoms with van der Waals surface area (Å²) >= 11 is 12.4. The molecule has 0 heterocycles. The maximum atomic E-state index is 8.32. The molecule has 0 radical (unpaired) electrons. The molecular formula is C9H17Cl2NSi. The van der Waals surface area contributed by atoms with Gasteiger partial charge in [-0.05, 0) is 18.5 Å². The molecule has 0 spiro atoms. The average molecular weight is 238 g/mol. The van der Waals surface area contributed by atoms with Gasteiger partial charge >= 0.3 is 0 Å². The Morgan fingerprint density at radius 1 is 1.15 bits per heavy atom. The summed E-state index contributed by atoms with van der Waals surface area (Å²) in [6.45, 7) is 0.211. The first-order valence-corrected chi connectivity index (χ1v) is 9.31. The van der Waals surface area contributed by atoms with Crippen molar-refractivity contribution in [1.82, 2.24) is 0 Å². The molecule has 13 heavy (non-hydrogen) atoms. The van der Waals surface area contributed by atoms with E-state index >= 15 is 0 Å². The standard InChI is InChI=1S/C9H17Cl2NSi/c1-2-8-13(10,11)9-6-4-3-5-7-12/h2-6,8-9H2,1H3. The van der Waals surface area contributed by atoms with E-state index in [0.717, 1.165) is 37.8 Å².